The monoisotopic (exact) mass is 231 g/mol. The van der Waals surface area contributed by atoms with Gasteiger partial charge < -0.3 is 11.1 Å². The molecule has 0 saturated carbocycles. The Morgan fingerprint density at radius 2 is 2.18 bits per heavy atom. The van der Waals surface area contributed by atoms with Gasteiger partial charge in [0, 0.05) is 18.9 Å². The number of nitrogens with one attached hydrogen (secondary N) is 1. The van der Waals surface area contributed by atoms with Crippen molar-refractivity contribution in [1.29, 1.82) is 0 Å². The van der Waals surface area contributed by atoms with Crippen LogP contribution in [0.25, 0.3) is 0 Å². The third-order valence-corrected chi connectivity index (χ3v) is 2.67. The normalized spacial score (nSPS) is 10.2. The second-order valence-electron chi connectivity index (χ2n) is 3.86. The SMILES string of the molecule is Cc1ccncc1CNc1cccc(F)c1N. The van der Waals surface area contributed by atoms with Crippen LogP contribution >= 0.6 is 0 Å². The number of pyridine rings is 1. The molecule has 0 atom stereocenters. The summed E-state index contributed by atoms with van der Waals surface area (Å²) in [6, 6.07) is 6.66. The number of nitrogen functional groups attached to an aromatic ring is 1. The predicted molar refractivity (Wildman–Crippen MR) is 67.1 cm³/mol. The van der Waals surface area contributed by atoms with Gasteiger partial charge in [-0.05, 0) is 36.2 Å². The van der Waals surface area contributed by atoms with Crippen LogP contribution in [0.15, 0.2) is 36.7 Å². The molecule has 2 aromatic rings. The summed E-state index contributed by atoms with van der Waals surface area (Å²) < 4.78 is 13.2. The summed E-state index contributed by atoms with van der Waals surface area (Å²) in [4.78, 5) is 4.05. The van der Waals surface area contributed by atoms with Gasteiger partial charge in [0.1, 0.15) is 5.82 Å². The molecule has 88 valence electrons. The molecule has 0 aliphatic carbocycles. The van der Waals surface area contributed by atoms with E-state index in [4.69, 9.17) is 5.73 Å². The van der Waals surface area contributed by atoms with E-state index in [1.807, 2.05) is 13.0 Å². The fourth-order valence-electron chi connectivity index (χ4n) is 1.56. The minimum Gasteiger partial charge on any atom is -0.395 e. The lowest BCUT2D eigenvalue weighted by atomic mass is 10.1. The Morgan fingerprint density at radius 3 is 2.94 bits per heavy atom. The van der Waals surface area contributed by atoms with Crippen LogP contribution in [0.1, 0.15) is 11.1 Å². The third kappa shape index (κ3) is 2.53. The average Bonchev–Trinajstić information content (AvgIpc) is 2.33. The van der Waals surface area contributed by atoms with Crippen molar-refractivity contribution in [2.24, 2.45) is 0 Å². The van der Waals surface area contributed by atoms with Crippen LogP contribution in [-0.2, 0) is 6.54 Å². The van der Waals surface area contributed by atoms with Gasteiger partial charge in [0.25, 0.3) is 0 Å². The minimum absolute atomic E-state index is 0.147. The number of aryl methyl sites for hydroxylation is 1. The maximum Gasteiger partial charge on any atom is 0.148 e. The zero-order valence-electron chi connectivity index (χ0n) is 9.57. The number of rotatable bonds is 3. The Balaban J connectivity index is 2.13. The van der Waals surface area contributed by atoms with Crippen molar-refractivity contribution in [3.05, 3.63) is 53.6 Å². The second-order valence-corrected chi connectivity index (χ2v) is 3.86. The molecule has 1 aromatic heterocycles. The van der Waals surface area contributed by atoms with Gasteiger partial charge in [-0.2, -0.15) is 0 Å². The quantitative estimate of drug-likeness (QED) is 0.798. The van der Waals surface area contributed by atoms with Crippen molar-refractivity contribution in [3.8, 4) is 0 Å². The molecule has 1 heterocycles. The van der Waals surface area contributed by atoms with Crippen molar-refractivity contribution in [1.82, 2.24) is 4.98 Å². The number of benzene rings is 1. The molecule has 2 rings (SSSR count). The molecule has 0 fully saturated rings. The highest BCUT2D eigenvalue weighted by atomic mass is 19.1. The van der Waals surface area contributed by atoms with Crippen molar-refractivity contribution < 1.29 is 4.39 Å². The number of hydrogen-bond donors (Lipinski definition) is 2. The fraction of sp³-hybridized carbons (Fsp3) is 0.154. The van der Waals surface area contributed by atoms with E-state index in [0.29, 0.717) is 12.2 Å². The first kappa shape index (κ1) is 11.4. The Bertz CT molecular complexity index is 526. The number of halogens is 1. The molecular weight excluding hydrogens is 217 g/mol. The van der Waals surface area contributed by atoms with Gasteiger partial charge in [0.2, 0.25) is 0 Å². The fourth-order valence-corrected chi connectivity index (χ4v) is 1.56. The average molecular weight is 231 g/mol. The van der Waals surface area contributed by atoms with E-state index in [1.54, 1.807) is 24.5 Å². The largest absolute Gasteiger partial charge is 0.395 e. The Kier molecular flexibility index (Phi) is 3.23. The summed E-state index contributed by atoms with van der Waals surface area (Å²) in [5, 5.41) is 3.11. The van der Waals surface area contributed by atoms with Crippen molar-refractivity contribution in [2.45, 2.75) is 13.5 Å². The molecule has 3 nitrogen and oxygen atoms in total. The van der Waals surface area contributed by atoms with E-state index in [-0.39, 0.29) is 5.69 Å². The lowest BCUT2D eigenvalue weighted by Gasteiger charge is -2.10. The summed E-state index contributed by atoms with van der Waals surface area (Å²) in [5.74, 6) is -0.405. The van der Waals surface area contributed by atoms with Crippen molar-refractivity contribution in [3.63, 3.8) is 0 Å². The van der Waals surface area contributed by atoms with Gasteiger partial charge in [-0.25, -0.2) is 4.39 Å². The highest BCUT2D eigenvalue weighted by Gasteiger charge is 2.04. The number of nitrogens with zero attached hydrogens (tertiary/aromatic N) is 1. The Labute approximate surface area is 99.5 Å². The standard InChI is InChI=1S/C13H14FN3/c1-9-5-6-16-7-10(9)8-17-12-4-2-3-11(14)13(12)15/h2-7,17H,8,15H2,1H3. The van der Waals surface area contributed by atoms with Crippen molar-refractivity contribution in [2.75, 3.05) is 11.1 Å². The van der Waals surface area contributed by atoms with E-state index < -0.39 is 5.82 Å². The molecule has 4 heteroatoms. The maximum atomic E-state index is 13.2. The van der Waals surface area contributed by atoms with Gasteiger partial charge in [0.05, 0.1) is 11.4 Å². The first-order valence-electron chi connectivity index (χ1n) is 5.36. The number of aromatic nitrogens is 1. The lowest BCUT2D eigenvalue weighted by molar-refractivity contribution is 0.633. The topological polar surface area (TPSA) is 50.9 Å². The number of anilines is 2. The van der Waals surface area contributed by atoms with E-state index in [2.05, 4.69) is 10.3 Å². The predicted octanol–water partition coefficient (Wildman–Crippen LogP) is 2.72. The molecule has 0 aliphatic heterocycles. The van der Waals surface area contributed by atoms with Gasteiger partial charge >= 0.3 is 0 Å². The van der Waals surface area contributed by atoms with Crippen LogP contribution in [0.5, 0.6) is 0 Å². The Morgan fingerprint density at radius 1 is 1.35 bits per heavy atom. The molecule has 0 spiro atoms. The van der Waals surface area contributed by atoms with E-state index >= 15 is 0 Å². The maximum absolute atomic E-state index is 13.2. The Hall–Kier alpha value is -2.10. The molecule has 0 unspecified atom stereocenters. The van der Waals surface area contributed by atoms with Gasteiger partial charge in [-0.1, -0.05) is 6.07 Å². The molecule has 0 radical (unpaired) electrons. The molecule has 1 aromatic carbocycles. The van der Waals surface area contributed by atoms with Gasteiger partial charge in [-0.3, -0.25) is 4.98 Å². The van der Waals surface area contributed by atoms with Crippen LogP contribution in [0.4, 0.5) is 15.8 Å². The minimum atomic E-state index is -0.405. The van der Waals surface area contributed by atoms with Gasteiger partial charge in [0.15, 0.2) is 0 Å². The van der Waals surface area contributed by atoms with Crippen LogP contribution in [0.2, 0.25) is 0 Å². The summed E-state index contributed by atoms with van der Waals surface area (Å²) in [6.07, 6.45) is 3.53. The number of para-hydroxylation sites is 1. The number of nitrogens with two attached hydrogens (primary N) is 1. The zero-order chi connectivity index (χ0) is 12.3. The molecule has 0 bridgehead atoms. The highest BCUT2D eigenvalue weighted by Crippen LogP contribution is 2.21. The van der Waals surface area contributed by atoms with E-state index in [0.717, 1.165) is 11.1 Å². The first-order chi connectivity index (χ1) is 8.18. The van der Waals surface area contributed by atoms with Gasteiger partial charge in [-0.15, -0.1) is 0 Å². The van der Waals surface area contributed by atoms with Crippen LogP contribution < -0.4 is 11.1 Å². The first-order valence-corrected chi connectivity index (χ1v) is 5.36. The third-order valence-electron chi connectivity index (χ3n) is 2.67. The van der Waals surface area contributed by atoms with Crippen LogP contribution in [-0.4, -0.2) is 4.98 Å². The van der Waals surface area contributed by atoms with Crippen LogP contribution in [0.3, 0.4) is 0 Å². The molecular formula is C13H14FN3. The van der Waals surface area contributed by atoms with Crippen molar-refractivity contribution >= 4 is 11.4 Å². The smallest absolute Gasteiger partial charge is 0.148 e. The second kappa shape index (κ2) is 4.82. The summed E-state index contributed by atoms with van der Waals surface area (Å²) >= 11 is 0. The summed E-state index contributed by atoms with van der Waals surface area (Å²) in [6.45, 7) is 2.58. The number of hydrogen-bond acceptors (Lipinski definition) is 3. The van der Waals surface area contributed by atoms with E-state index in [1.165, 1.54) is 6.07 Å². The van der Waals surface area contributed by atoms with Crippen LogP contribution in [0, 0.1) is 12.7 Å². The molecule has 0 saturated heterocycles. The zero-order valence-corrected chi connectivity index (χ0v) is 9.57. The lowest BCUT2D eigenvalue weighted by Crippen LogP contribution is -2.05. The molecule has 0 aliphatic rings. The highest BCUT2D eigenvalue weighted by molar-refractivity contribution is 5.66. The molecule has 17 heavy (non-hydrogen) atoms. The summed E-state index contributed by atoms with van der Waals surface area (Å²) in [5.41, 5.74) is 8.59. The molecule has 0 amide bonds. The van der Waals surface area contributed by atoms with E-state index in [9.17, 15) is 4.39 Å². The summed E-state index contributed by atoms with van der Waals surface area (Å²) in [7, 11) is 0. The molecule has 3 N–H and O–H groups in total.